The van der Waals surface area contributed by atoms with E-state index in [1.165, 1.54) is 6.20 Å². The molecule has 3 nitrogen and oxygen atoms in total. The third-order valence-electron chi connectivity index (χ3n) is 4.07. The molecule has 3 heterocycles. The first kappa shape index (κ1) is 12.7. The van der Waals surface area contributed by atoms with Gasteiger partial charge in [-0.05, 0) is 43.5 Å². The third kappa shape index (κ3) is 2.54. The molecule has 2 aliphatic heterocycles. The normalized spacial score (nSPS) is 27.4. The summed E-state index contributed by atoms with van der Waals surface area (Å²) in [4.78, 5) is 6.08. The number of alkyl halides is 3. The van der Waals surface area contributed by atoms with Crippen LogP contribution in [0.3, 0.4) is 0 Å². The van der Waals surface area contributed by atoms with Crippen molar-refractivity contribution < 1.29 is 13.2 Å². The minimum Gasteiger partial charge on any atom is -0.356 e. The Morgan fingerprint density at radius 1 is 1.26 bits per heavy atom. The van der Waals surface area contributed by atoms with Gasteiger partial charge in [0.2, 0.25) is 0 Å². The van der Waals surface area contributed by atoms with E-state index in [0.717, 1.165) is 44.7 Å². The molecule has 104 valence electrons. The number of fused-ring (bicyclic) bond motifs is 1. The van der Waals surface area contributed by atoms with E-state index in [-0.39, 0.29) is 0 Å². The van der Waals surface area contributed by atoms with Gasteiger partial charge in [-0.25, -0.2) is 4.98 Å². The van der Waals surface area contributed by atoms with Crippen LogP contribution in [0.1, 0.15) is 12.0 Å². The van der Waals surface area contributed by atoms with Crippen molar-refractivity contribution in [3.8, 4) is 0 Å². The number of hydrogen-bond acceptors (Lipinski definition) is 3. The molecule has 1 aromatic rings. The minimum atomic E-state index is -4.30. The highest BCUT2D eigenvalue weighted by Gasteiger charge is 2.36. The Kier molecular flexibility index (Phi) is 3.12. The number of aromatic nitrogens is 1. The van der Waals surface area contributed by atoms with Gasteiger partial charge in [-0.3, -0.25) is 0 Å². The number of nitrogens with one attached hydrogen (secondary N) is 1. The second kappa shape index (κ2) is 4.67. The van der Waals surface area contributed by atoms with Crippen molar-refractivity contribution in [3.05, 3.63) is 23.9 Å². The molecule has 2 aliphatic rings. The van der Waals surface area contributed by atoms with E-state index in [1.54, 1.807) is 0 Å². The fourth-order valence-electron chi connectivity index (χ4n) is 3.03. The maximum atomic E-state index is 12.7. The SMILES string of the molecule is FC(F)(F)c1ccnc(N2C[C@H]3CNCC[C@H]3C2)c1. The second-order valence-corrected chi connectivity index (χ2v) is 5.32. The number of hydrogen-bond donors (Lipinski definition) is 1. The van der Waals surface area contributed by atoms with Crippen molar-refractivity contribution in [2.75, 3.05) is 31.1 Å². The Balaban J connectivity index is 1.80. The Morgan fingerprint density at radius 3 is 2.79 bits per heavy atom. The molecular weight excluding hydrogens is 255 g/mol. The predicted octanol–water partition coefficient (Wildman–Crippen LogP) is 2.15. The van der Waals surface area contributed by atoms with Gasteiger partial charge in [0.25, 0.3) is 0 Å². The summed E-state index contributed by atoms with van der Waals surface area (Å²) >= 11 is 0. The van der Waals surface area contributed by atoms with Crippen LogP contribution in [-0.2, 0) is 6.18 Å². The summed E-state index contributed by atoms with van der Waals surface area (Å²) in [5.41, 5.74) is -0.620. The van der Waals surface area contributed by atoms with E-state index in [4.69, 9.17) is 0 Å². The van der Waals surface area contributed by atoms with Crippen LogP contribution in [0.2, 0.25) is 0 Å². The number of rotatable bonds is 1. The fraction of sp³-hybridized carbons (Fsp3) is 0.615. The van der Waals surface area contributed by atoms with Gasteiger partial charge in [0, 0.05) is 19.3 Å². The van der Waals surface area contributed by atoms with Gasteiger partial charge in [-0.15, -0.1) is 0 Å². The molecule has 0 saturated carbocycles. The van der Waals surface area contributed by atoms with Gasteiger partial charge in [-0.2, -0.15) is 13.2 Å². The van der Waals surface area contributed by atoms with E-state index < -0.39 is 11.7 Å². The molecule has 3 rings (SSSR count). The average Bonchev–Trinajstić information content (AvgIpc) is 2.81. The minimum absolute atomic E-state index is 0.448. The van der Waals surface area contributed by atoms with E-state index in [2.05, 4.69) is 10.3 Å². The van der Waals surface area contributed by atoms with Gasteiger partial charge in [0.15, 0.2) is 0 Å². The lowest BCUT2D eigenvalue weighted by Crippen LogP contribution is -2.35. The van der Waals surface area contributed by atoms with Crippen LogP contribution in [-0.4, -0.2) is 31.2 Å². The number of pyridine rings is 1. The van der Waals surface area contributed by atoms with Gasteiger partial charge >= 0.3 is 6.18 Å². The molecule has 0 unspecified atom stereocenters. The molecule has 0 radical (unpaired) electrons. The van der Waals surface area contributed by atoms with Crippen LogP contribution in [0.4, 0.5) is 19.0 Å². The first-order valence-electron chi connectivity index (χ1n) is 6.53. The van der Waals surface area contributed by atoms with E-state index in [1.807, 2.05) is 4.90 Å². The Morgan fingerprint density at radius 2 is 2.05 bits per heavy atom. The topological polar surface area (TPSA) is 28.2 Å². The van der Waals surface area contributed by atoms with E-state index in [9.17, 15) is 13.2 Å². The number of piperidine rings is 1. The van der Waals surface area contributed by atoms with Crippen LogP contribution in [0.5, 0.6) is 0 Å². The summed E-state index contributed by atoms with van der Waals surface area (Å²) in [6.45, 7) is 3.58. The molecule has 0 aliphatic carbocycles. The van der Waals surface area contributed by atoms with Crippen molar-refractivity contribution in [1.82, 2.24) is 10.3 Å². The van der Waals surface area contributed by atoms with Crippen LogP contribution < -0.4 is 10.2 Å². The molecular formula is C13H16F3N3. The molecule has 2 saturated heterocycles. The summed E-state index contributed by atoms with van der Waals surface area (Å²) in [6.07, 6.45) is -1.95. The highest BCUT2D eigenvalue weighted by Crippen LogP contribution is 2.34. The van der Waals surface area contributed by atoms with Gasteiger partial charge < -0.3 is 10.2 Å². The van der Waals surface area contributed by atoms with Crippen LogP contribution >= 0.6 is 0 Å². The van der Waals surface area contributed by atoms with Crippen LogP contribution in [0.15, 0.2) is 18.3 Å². The van der Waals surface area contributed by atoms with Crippen molar-refractivity contribution in [2.45, 2.75) is 12.6 Å². The summed E-state index contributed by atoms with van der Waals surface area (Å²) in [5, 5.41) is 3.34. The lowest BCUT2D eigenvalue weighted by Gasteiger charge is -2.23. The first-order chi connectivity index (χ1) is 9.04. The monoisotopic (exact) mass is 271 g/mol. The molecule has 6 heteroatoms. The molecule has 1 N–H and O–H groups in total. The first-order valence-corrected chi connectivity index (χ1v) is 6.53. The summed E-state index contributed by atoms with van der Waals surface area (Å²) in [5.74, 6) is 1.56. The summed E-state index contributed by atoms with van der Waals surface area (Å²) in [7, 11) is 0. The van der Waals surface area contributed by atoms with E-state index >= 15 is 0 Å². The van der Waals surface area contributed by atoms with Crippen molar-refractivity contribution in [2.24, 2.45) is 11.8 Å². The summed E-state index contributed by atoms with van der Waals surface area (Å²) < 4.78 is 38.1. The number of anilines is 1. The molecule has 1 aromatic heterocycles. The number of nitrogens with zero attached hydrogens (tertiary/aromatic N) is 2. The zero-order chi connectivity index (χ0) is 13.5. The highest BCUT2D eigenvalue weighted by atomic mass is 19.4. The molecule has 2 fully saturated rings. The Bertz CT molecular complexity index is 447. The smallest absolute Gasteiger partial charge is 0.356 e. The molecule has 0 spiro atoms. The quantitative estimate of drug-likeness (QED) is 0.848. The van der Waals surface area contributed by atoms with E-state index in [0.29, 0.717) is 17.7 Å². The molecule has 0 aromatic carbocycles. The predicted molar refractivity (Wildman–Crippen MR) is 65.9 cm³/mol. The highest BCUT2D eigenvalue weighted by molar-refractivity contribution is 5.43. The average molecular weight is 271 g/mol. The maximum absolute atomic E-state index is 12.7. The molecule has 0 amide bonds. The van der Waals surface area contributed by atoms with Crippen LogP contribution in [0, 0.1) is 11.8 Å². The Hall–Kier alpha value is -1.30. The van der Waals surface area contributed by atoms with Gasteiger partial charge in [0.1, 0.15) is 5.82 Å². The fourth-order valence-corrected chi connectivity index (χ4v) is 3.03. The van der Waals surface area contributed by atoms with Crippen molar-refractivity contribution in [1.29, 1.82) is 0 Å². The van der Waals surface area contributed by atoms with Gasteiger partial charge in [0.05, 0.1) is 5.56 Å². The standard InChI is InChI=1S/C13H16F3N3/c14-13(15,16)11-2-4-18-12(5-11)19-7-9-1-3-17-6-10(9)8-19/h2,4-5,9-10,17H,1,3,6-8H2/t9-,10+/m0/s1. The lowest BCUT2D eigenvalue weighted by molar-refractivity contribution is -0.137. The lowest BCUT2D eigenvalue weighted by atomic mass is 9.90. The largest absolute Gasteiger partial charge is 0.416 e. The zero-order valence-electron chi connectivity index (χ0n) is 10.5. The maximum Gasteiger partial charge on any atom is 0.416 e. The summed E-state index contributed by atoms with van der Waals surface area (Å²) in [6, 6.07) is 2.18. The van der Waals surface area contributed by atoms with Crippen LogP contribution in [0.25, 0.3) is 0 Å². The van der Waals surface area contributed by atoms with Crippen molar-refractivity contribution in [3.63, 3.8) is 0 Å². The third-order valence-corrected chi connectivity index (χ3v) is 4.07. The molecule has 19 heavy (non-hydrogen) atoms. The second-order valence-electron chi connectivity index (χ2n) is 5.32. The molecule has 0 bridgehead atoms. The molecule has 2 atom stereocenters. The van der Waals surface area contributed by atoms with Crippen molar-refractivity contribution >= 4 is 5.82 Å². The van der Waals surface area contributed by atoms with Gasteiger partial charge in [-0.1, -0.05) is 0 Å². The Labute approximate surface area is 109 Å². The zero-order valence-corrected chi connectivity index (χ0v) is 10.5. The number of halogens is 3.